The second kappa shape index (κ2) is 5.08. The van der Waals surface area contributed by atoms with E-state index in [4.69, 9.17) is 0 Å². The standard InChI is InChI=1S/C12H20N2S/c1-9-14-12(8-15-9)11(13-2)7-10-5-3-4-6-10/h8,10-11,13H,3-7H2,1-2H3. The first-order chi connectivity index (χ1) is 7.29. The third kappa shape index (κ3) is 2.79. The highest BCUT2D eigenvalue weighted by Crippen LogP contribution is 2.32. The van der Waals surface area contributed by atoms with Crippen LogP contribution >= 0.6 is 11.3 Å². The Hall–Kier alpha value is -0.410. The molecule has 1 N–H and O–H groups in total. The molecule has 1 aliphatic rings. The number of aryl methyl sites for hydroxylation is 1. The van der Waals surface area contributed by atoms with E-state index < -0.39 is 0 Å². The van der Waals surface area contributed by atoms with Gasteiger partial charge in [0.05, 0.1) is 16.7 Å². The molecular formula is C12H20N2S. The lowest BCUT2D eigenvalue weighted by Gasteiger charge is -2.18. The molecule has 0 saturated heterocycles. The number of hydrogen-bond acceptors (Lipinski definition) is 3. The van der Waals surface area contributed by atoms with Gasteiger partial charge in [-0.15, -0.1) is 11.3 Å². The summed E-state index contributed by atoms with van der Waals surface area (Å²) < 4.78 is 0. The second-order valence-corrected chi connectivity index (χ2v) is 5.58. The van der Waals surface area contributed by atoms with Crippen LogP contribution in [-0.4, -0.2) is 12.0 Å². The van der Waals surface area contributed by atoms with E-state index in [1.54, 1.807) is 11.3 Å². The Bertz CT molecular complexity index is 302. The Balaban J connectivity index is 1.97. The molecule has 0 aliphatic heterocycles. The number of nitrogens with zero attached hydrogens (tertiary/aromatic N) is 1. The van der Waals surface area contributed by atoms with Gasteiger partial charge in [0, 0.05) is 5.38 Å². The summed E-state index contributed by atoms with van der Waals surface area (Å²) in [4.78, 5) is 4.58. The molecule has 0 aromatic carbocycles. The summed E-state index contributed by atoms with van der Waals surface area (Å²) in [6.07, 6.45) is 6.96. The normalized spacial score (nSPS) is 19.6. The lowest BCUT2D eigenvalue weighted by Crippen LogP contribution is -2.19. The maximum atomic E-state index is 4.58. The Morgan fingerprint density at radius 2 is 2.27 bits per heavy atom. The molecule has 3 heteroatoms. The molecule has 1 saturated carbocycles. The average molecular weight is 224 g/mol. The summed E-state index contributed by atoms with van der Waals surface area (Å²) in [5, 5.41) is 6.78. The van der Waals surface area contributed by atoms with Crippen LogP contribution in [0.1, 0.15) is 48.8 Å². The van der Waals surface area contributed by atoms with E-state index in [1.165, 1.54) is 42.8 Å². The zero-order valence-electron chi connectivity index (χ0n) is 9.62. The van der Waals surface area contributed by atoms with Crippen LogP contribution in [0.15, 0.2) is 5.38 Å². The predicted octanol–water partition coefficient (Wildman–Crippen LogP) is 3.29. The molecule has 84 valence electrons. The van der Waals surface area contributed by atoms with Crippen molar-refractivity contribution in [1.29, 1.82) is 0 Å². The minimum absolute atomic E-state index is 0.470. The van der Waals surface area contributed by atoms with Gasteiger partial charge in [0.2, 0.25) is 0 Å². The highest BCUT2D eigenvalue weighted by atomic mass is 32.1. The van der Waals surface area contributed by atoms with Crippen molar-refractivity contribution in [2.24, 2.45) is 5.92 Å². The van der Waals surface area contributed by atoms with E-state index >= 15 is 0 Å². The Morgan fingerprint density at radius 1 is 1.53 bits per heavy atom. The van der Waals surface area contributed by atoms with Gasteiger partial charge in [-0.2, -0.15) is 0 Å². The van der Waals surface area contributed by atoms with Crippen molar-refractivity contribution in [2.45, 2.75) is 45.1 Å². The number of hydrogen-bond donors (Lipinski definition) is 1. The van der Waals surface area contributed by atoms with Crippen molar-refractivity contribution in [1.82, 2.24) is 10.3 Å². The first-order valence-electron chi connectivity index (χ1n) is 5.89. The number of rotatable bonds is 4. The van der Waals surface area contributed by atoms with Gasteiger partial charge in [-0.1, -0.05) is 25.7 Å². The molecule has 1 heterocycles. The predicted molar refractivity (Wildman–Crippen MR) is 65.2 cm³/mol. The molecule has 1 fully saturated rings. The van der Waals surface area contributed by atoms with Crippen LogP contribution in [0.2, 0.25) is 0 Å². The summed E-state index contributed by atoms with van der Waals surface area (Å²) in [5.41, 5.74) is 1.24. The summed E-state index contributed by atoms with van der Waals surface area (Å²) in [5.74, 6) is 0.921. The maximum absolute atomic E-state index is 4.58. The first kappa shape index (κ1) is 11.1. The van der Waals surface area contributed by atoms with Gasteiger partial charge in [-0.05, 0) is 26.3 Å². The fourth-order valence-corrected chi connectivity index (χ4v) is 3.17. The molecule has 0 bridgehead atoms. The summed E-state index contributed by atoms with van der Waals surface area (Å²) in [6, 6.07) is 0.470. The van der Waals surface area contributed by atoms with Crippen molar-refractivity contribution in [2.75, 3.05) is 7.05 Å². The molecule has 1 aromatic heterocycles. The van der Waals surface area contributed by atoms with Crippen LogP contribution in [0.5, 0.6) is 0 Å². The third-order valence-corrected chi connectivity index (χ3v) is 4.18. The third-order valence-electron chi connectivity index (χ3n) is 3.39. The highest BCUT2D eigenvalue weighted by molar-refractivity contribution is 7.09. The molecular weight excluding hydrogens is 204 g/mol. The zero-order chi connectivity index (χ0) is 10.7. The van der Waals surface area contributed by atoms with E-state index in [2.05, 4.69) is 22.6 Å². The van der Waals surface area contributed by atoms with Crippen molar-refractivity contribution < 1.29 is 0 Å². The van der Waals surface area contributed by atoms with E-state index in [0.717, 1.165) is 5.92 Å². The monoisotopic (exact) mass is 224 g/mol. The summed E-state index contributed by atoms with van der Waals surface area (Å²) >= 11 is 1.75. The Labute approximate surface area is 96.1 Å². The lowest BCUT2D eigenvalue weighted by molar-refractivity contribution is 0.408. The van der Waals surface area contributed by atoms with Crippen LogP contribution in [0.4, 0.5) is 0 Å². The average Bonchev–Trinajstić information content (AvgIpc) is 2.85. The first-order valence-corrected chi connectivity index (χ1v) is 6.77. The smallest absolute Gasteiger partial charge is 0.0898 e. The van der Waals surface area contributed by atoms with Gasteiger partial charge >= 0.3 is 0 Å². The van der Waals surface area contributed by atoms with Crippen LogP contribution < -0.4 is 5.32 Å². The van der Waals surface area contributed by atoms with Gasteiger partial charge in [0.1, 0.15) is 0 Å². The molecule has 1 aromatic rings. The van der Waals surface area contributed by atoms with Gasteiger partial charge in [0.15, 0.2) is 0 Å². The van der Waals surface area contributed by atoms with Crippen LogP contribution in [0.3, 0.4) is 0 Å². The van der Waals surface area contributed by atoms with Crippen molar-refractivity contribution in [3.63, 3.8) is 0 Å². The van der Waals surface area contributed by atoms with Crippen molar-refractivity contribution in [3.05, 3.63) is 16.1 Å². The lowest BCUT2D eigenvalue weighted by atomic mass is 9.97. The fraction of sp³-hybridized carbons (Fsp3) is 0.750. The van der Waals surface area contributed by atoms with Crippen molar-refractivity contribution in [3.8, 4) is 0 Å². The second-order valence-electron chi connectivity index (χ2n) is 4.52. The summed E-state index contributed by atoms with van der Waals surface area (Å²) in [6.45, 7) is 2.08. The molecule has 1 aliphatic carbocycles. The molecule has 1 unspecified atom stereocenters. The number of nitrogens with one attached hydrogen (secondary N) is 1. The highest BCUT2D eigenvalue weighted by Gasteiger charge is 2.21. The molecule has 0 radical (unpaired) electrons. The zero-order valence-corrected chi connectivity index (χ0v) is 10.4. The van der Waals surface area contributed by atoms with Crippen LogP contribution in [0.25, 0.3) is 0 Å². The van der Waals surface area contributed by atoms with Gasteiger partial charge in [-0.3, -0.25) is 0 Å². The quantitative estimate of drug-likeness (QED) is 0.849. The van der Waals surface area contributed by atoms with Crippen LogP contribution in [0, 0.1) is 12.8 Å². The SMILES string of the molecule is CNC(CC1CCCC1)c1csc(C)n1. The number of aromatic nitrogens is 1. The van der Waals surface area contributed by atoms with Crippen molar-refractivity contribution >= 4 is 11.3 Å². The molecule has 2 rings (SSSR count). The maximum Gasteiger partial charge on any atom is 0.0898 e. The minimum Gasteiger partial charge on any atom is -0.312 e. The Morgan fingerprint density at radius 3 is 2.80 bits per heavy atom. The van der Waals surface area contributed by atoms with E-state index in [9.17, 15) is 0 Å². The molecule has 1 atom stereocenters. The van der Waals surface area contributed by atoms with E-state index in [1.807, 2.05) is 7.05 Å². The minimum atomic E-state index is 0.470. The topological polar surface area (TPSA) is 24.9 Å². The largest absolute Gasteiger partial charge is 0.312 e. The number of thiazole rings is 1. The van der Waals surface area contributed by atoms with E-state index in [0.29, 0.717) is 6.04 Å². The Kier molecular flexibility index (Phi) is 3.76. The molecule has 0 spiro atoms. The molecule has 0 amide bonds. The van der Waals surface area contributed by atoms with Crippen LogP contribution in [-0.2, 0) is 0 Å². The van der Waals surface area contributed by atoms with Gasteiger partial charge < -0.3 is 5.32 Å². The molecule has 2 nitrogen and oxygen atoms in total. The van der Waals surface area contributed by atoms with Gasteiger partial charge in [0.25, 0.3) is 0 Å². The molecule has 15 heavy (non-hydrogen) atoms. The summed E-state index contributed by atoms with van der Waals surface area (Å²) in [7, 11) is 2.05. The van der Waals surface area contributed by atoms with E-state index in [-0.39, 0.29) is 0 Å². The van der Waals surface area contributed by atoms with Gasteiger partial charge in [-0.25, -0.2) is 4.98 Å². The fourth-order valence-electron chi connectivity index (χ4n) is 2.51.